The molecule has 0 atom stereocenters. The van der Waals surface area contributed by atoms with Crippen LogP contribution < -0.4 is 0 Å². The van der Waals surface area contributed by atoms with Crippen molar-refractivity contribution in [1.29, 1.82) is 0 Å². The molecule has 0 aromatic heterocycles. The van der Waals surface area contributed by atoms with Gasteiger partial charge in [0, 0.05) is 0 Å². The smallest absolute Gasteiger partial charge is 0.358 e. The third-order valence-electron chi connectivity index (χ3n) is 0.0607. The van der Waals surface area contributed by atoms with Gasteiger partial charge < -0.3 is 3.83 Å². The summed E-state index contributed by atoms with van der Waals surface area (Å²) in [6.45, 7) is 0. The van der Waals surface area contributed by atoms with E-state index in [1.54, 1.807) is 0 Å². The minimum Gasteiger partial charge on any atom is -0.358 e. The van der Waals surface area contributed by atoms with Crippen LogP contribution in [0.15, 0.2) is 0 Å². The molecular formula is CBrFO2. The highest BCUT2D eigenvalue weighted by Crippen LogP contribution is 1.86. The predicted molar refractivity (Wildman–Crippen MR) is 16.5 cm³/mol. The van der Waals surface area contributed by atoms with Crippen LogP contribution in [0.25, 0.3) is 0 Å². The Labute approximate surface area is 36.4 Å². The fourth-order valence-electron chi connectivity index (χ4n) is 0. The standard InChI is InChI=1S/CBrFO2/c2-5-1(3)4. The zero-order chi connectivity index (χ0) is 4.28. The van der Waals surface area contributed by atoms with E-state index in [9.17, 15) is 4.39 Å². The Morgan fingerprint density at radius 3 is 2.20 bits per heavy atom. The highest BCUT2D eigenvalue weighted by Gasteiger charge is 1.87. The Morgan fingerprint density at radius 2 is 2.20 bits per heavy atom. The van der Waals surface area contributed by atoms with Gasteiger partial charge in [0.1, 0.15) is 0 Å². The fourth-order valence-corrected chi connectivity index (χ4v) is 0. The normalized spacial score (nSPS) is 6.80. The van der Waals surface area contributed by atoms with E-state index in [2.05, 4.69) is 20.1 Å². The van der Waals surface area contributed by atoms with Gasteiger partial charge in [-0.2, -0.15) is 0 Å². The lowest BCUT2D eigenvalue weighted by molar-refractivity contribution is 0.187. The minimum atomic E-state index is -1.83. The summed E-state index contributed by atoms with van der Waals surface area (Å²) in [5.41, 5.74) is 0. The van der Waals surface area contributed by atoms with Gasteiger partial charge in [0.25, 0.3) is 0 Å². The second-order valence-electron chi connectivity index (χ2n) is 0.315. The first-order valence-electron chi connectivity index (χ1n) is 0.752. The van der Waals surface area contributed by atoms with E-state index in [1.165, 1.54) is 0 Å². The number of halogens is 2. The Hall–Kier alpha value is -0.120. The van der Waals surface area contributed by atoms with E-state index in [-0.39, 0.29) is 0 Å². The topological polar surface area (TPSA) is 26.3 Å². The van der Waals surface area contributed by atoms with E-state index < -0.39 is 6.22 Å². The molecule has 5 heavy (non-hydrogen) atoms. The lowest BCUT2D eigenvalue weighted by atomic mass is 11.5. The molecule has 4 heteroatoms. The van der Waals surface area contributed by atoms with Crippen LogP contribution in [0.3, 0.4) is 0 Å². The first kappa shape index (κ1) is 4.88. The van der Waals surface area contributed by atoms with E-state index in [1.807, 2.05) is 0 Å². The first-order valence-corrected chi connectivity index (χ1v) is 1.40. The highest BCUT2D eigenvalue weighted by molar-refractivity contribution is 9.06. The number of carbonyl (C=O) groups excluding carboxylic acids is 1. The molecule has 0 unspecified atom stereocenters. The van der Waals surface area contributed by atoms with Crippen LogP contribution >= 0.6 is 16.3 Å². The second-order valence-corrected chi connectivity index (χ2v) is 0.639. The van der Waals surface area contributed by atoms with Crippen molar-refractivity contribution in [2.75, 3.05) is 0 Å². The van der Waals surface area contributed by atoms with Gasteiger partial charge in [-0.15, -0.1) is 4.39 Å². The summed E-state index contributed by atoms with van der Waals surface area (Å²) >= 11 is 2.09. The quantitative estimate of drug-likeness (QED) is 0.479. The molecule has 0 aromatic carbocycles. The van der Waals surface area contributed by atoms with Crippen molar-refractivity contribution in [3.05, 3.63) is 0 Å². The SMILES string of the molecule is O=C(F)OBr. The highest BCUT2D eigenvalue weighted by atomic mass is 79.9. The summed E-state index contributed by atoms with van der Waals surface area (Å²) < 4.78 is 13.8. The van der Waals surface area contributed by atoms with Gasteiger partial charge in [-0.1, -0.05) is 0 Å². The van der Waals surface area contributed by atoms with Gasteiger partial charge in [0.2, 0.25) is 0 Å². The Morgan fingerprint density at radius 1 is 2.00 bits per heavy atom. The molecule has 30 valence electrons. The predicted octanol–water partition coefficient (Wildman–Crippen LogP) is 1.40. The average molecular weight is 143 g/mol. The molecule has 0 fully saturated rings. The van der Waals surface area contributed by atoms with Crippen molar-refractivity contribution < 1.29 is 13.0 Å². The second kappa shape index (κ2) is 2.14. The maximum absolute atomic E-state index is 10.5. The fraction of sp³-hybridized carbons (Fsp3) is 0. The van der Waals surface area contributed by atoms with E-state index >= 15 is 0 Å². The van der Waals surface area contributed by atoms with Crippen LogP contribution in [0.5, 0.6) is 0 Å². The van der Waals surface area contributed by atoms with Gasteiger partial charge in [0.15, 0.2) is 16.3 Å². The van der Waals surface area contributed by atoms with Gasteiger partial charge in [-0.25, -0.2) is 4.79 Å². The molecule has 0 bridgehead atoms. The van der Waals surface area contributed by atoms with Crippen LogP contribution in [-0.2, 0) is 3.83 Å². The molecule has 0 N–H and O–H groups in total. The van der Waals surface area contributed by atoms with E-state index in [0.29, 0.717) is 0 Å². The van der Waals surface area contributed by atoms with Crippen molar-refractivity contribution >= 4 is 22.5 Å². The third-order valence-corrected chi connectivity index (χ3v) is 0.315. The molecule has 0 spiro atoms. The van der Waals surface area contributed by atoms with E-state index in [4.69, 9.17) is 4.79 Å². The summed E-state index contributed by atoms with van der Waals surface area (Å²) in [5, 5.41) is 0. The van der Waals surface area contributed by atoms with Crippen LogP contribution in [0.4, 0.5) is 9.18 Å². The molecule has 0 radical (unpaired) electrons. The maximum atomic E-state index is 10.5. The zero-order valence-corrected chi connectivity index (χ0v) is 3.66. The zero-order valence-electron chi connectivity index (χ0n) is 2.07. The molecule has 0 saturated heterocycles. The number of carbonyl (C=O) groups is 1. The van der Waals surface area contributed by atoms with Crippen LogP contribution in [0, 0.1) is 0 Å². The van der Waals surface area contributed by atoms with Crippen LogP contribution in [-0.4, -0.2) is 6.22 Å². The van der Waals surface area contributed by atoms with Gasteiger partial charge >= 0.3 is 6.22 Å². The Balaban J connectivity index is 2.85. The summed E-state index contributed by atoms with van der Waals surface area (Å²) in [5.74, 6) is 0. The number of hydrogen-bond acceptors (Lipinski definition) is 2. The van der Waals surface area contributed by atoms with Gasteiger partial charge in [0.05, 0.1) is 0 Å². The first-order chi connectivity index (χ1) is 2.27. The van der Waals surface area contributed by atoms with Crippen molar-refractivity contribution in [3.8, 4) is 0 Å². The number of hydrogen-bond donors (Lipinski definition) is 0. The average Bonchev–Trinajstić information content (AvgIpc) is 1.38. The summed E-state index contributed by atoms with van der Waals surface area (Å²) in [6.07, 6.45) is -1.83. The van der Waals surface area contributed by atoms with Crippen molar-refractivity contribution in [3.63, 3.8) is 0 Å². The molecule has 0 saturated carbocycles. The molecule has 0 aliphatic carbocycles. The largest absolute Gasteiger partial charge is 0.507 e. The molecule has 0 amide bonds. The van der Waals surface area contributed by atoms with Crippen molar-refractivity contribution in [1.82, 2.24) is 0 Å². The maximum Gasteiger partial charge on any atom is 0.507 e. The Bertz CT molecular complexity index is 44.9. The van der Waals surface area contributed by atoms with Crippen molar-refractivity contribution in [2.45, 2.75) is 0 Å². The van der Waals surface area contributed by atoms with Gasteiger partial charge in [-0.05, 0) is 0 Å². The summed E-state index contributed by atoms with van der Waals surface area (Å²) in [4.78, 5) is 8.88. The molecule has 0 aliphatic heterocycles. The summed E-state index contributed by atoms with van der Waals surface area (Å²) in [7, 11) is 0. The van der Waals surface area contributed by atoms with Gasteiger partial charge in [-0.3, -0.25) is 0 Å². The lowest BCUT2D eigenvalue weighted by Crippen LogP contribution is -1.74. The molecular weight excluding hydrogens is 143 g/mol. The molecule has 0 aliphatic rings. The lowest BCUT2D eigenvalue weighted by Gasteiger charge is -1.70. The van der Waals surface area contributed by atoms with Crippen LogP contribution in [0.1, 0.15) is 0 Å². The Kier molecular flexibility index (Phi) is 2.09. The third kappa shape index (κ3) is 3.88. The van der Waals surface area contributed by atoms with E-state index in [0.717, 1.165) is 0 Å². The minimum absolute atomic E-state index is 1.83. The molecule has 0 rings (SSSR count). The van der Waals surface area contributed by atoms with Crippen molar-refractivity contribution in [2.24, 2.45) is 0 Å². The molecule has 2 nitrogen and oxygen atoms in total. The molecule has 0 aromatic rings. The summed E-state index contributed by atoms with van der Waals surface area (Å²) in [6, 6.07) is 0. The van der Waals surface area contributed by atoms with Crippen LogP contribution in [0.2, 0.25) is 0 Å². The number of rotatable bonds is 0. The monoisotopic (exact) mass is 142 g/mol. The molecule has 0 heterocycles.